The Labute approximate surface area is 166 Å². The first-order chi connectivity index (χ1) is 14.2. The van der Waals surface area contributed by atoms with Crippen molar-refractivity contribution in [2.24, 2.45) is 0 Å². The molecule has 1 aliphatic rings. The Morgan fingerprint density at radius 1 is 1.10 bits per heavy atom. The molecule has 0 spiro atoms. The van der Waals surface area contributed by atoms with Gasteiger partial charge >= 0.3 is 11.7 Å². The zero-order valence-electron chi connectivity index (χ0n) is 15.9. The lowest BCUT2D eigenvalue weighted by atomic mass is 10.0. The normalized spacial score (nSPS) is 15.2. The third-order valence-electron chi connectivity index (χ3n) is 5.63. The largest absolute Gasteiger partial charge is 0.459 e. The number of piperidine rings is 1. The molecule has 1 aliphatic heterocycles. The van der Waals surface area contributed by atoms with Gasteiger partial charge in [0.25, 0.3) is 0 Å². The highest BCUT2D eigenvalue weighted by Crippen LogP contribution is 2.25. The van der Waals surface area contributed by atoms with Gasteiger partial charge in [0.1, 0.15) is 11.3 Å². The van der Waals surface area contributed by atoms with Gasteiger partial charge in [-0.05, 0) is 37.1 Å². The molecule has 0 unspecified atom stereocenters. The van der Waals surface area contributed by atoms with Crippen molar-refractivity contribution in [3.05, 3.63) is 70.8 Å². The zero-order chi connectivity index (χ0) is 19.8. The summed E-state index contributed by atoms with van der Waals surface area (Å²) in [5.41, 5.74) is 2.51. The van der Waals surface area contributed by atoms with E-state index in [4.69, 9.17) is 4.42 Å². The summed E-state index contributed by atoms with van der Waals surface area (Å²) in [5.74, 6) is 0.736. The summed E-state index contributed by atoms with van der Waals surface area (Å²) in [7, 11) is 0. The van der Waals surface area contributed by atoms with Crippen LogP contribution in [0.4, 0.5) is 4.79 Å². The number of aromatic amines is 1. The van der Waals surface area contributed by atoms with Crippen molar-refractivity contribution < 1.29 is 9.21 Å². The maximum Gasteiger partial charge on any atom is 0.326 e. The number of likely N-dealkylation sites (tertiary alicyclic amines) is 1. The predicted molar refractivity (Wildman–Crippen MR) is 111 cm³/mol. The molecule has 1 saturated heterocycles. The van der Waals surface area contributed by atoms with Crippen LogP contribution in [0.3, 0.4) is 0 Å². The van der Waals surface area contributed by atoms with Crippen LogP contribution in [0.25, 0.3) is 22.0 Å². The molecule has 3 heterocycles. The van der Waals surface area contributed by atoms with E-state index in [0.717, 1.165) is 40.6 Å². The SMILES string of the molecule is O=C(NCc1cc2ccccc2o1)N1CCC(n2c(=O)[nH]c3ccccc32)CC1. The number of urea groups is 1. The summed E-state index contributed by atoms with van der Waals surface area (Å²) >= 11 is 0. The number of aromatic nitrogens is 2. The Bertz CT molecular complexity index is 1190. The van der Waals surface area contributed by atoms with Crippen LogP contribution in [0.5, 0.6) is 0 Å². The molecule has 2 amide bonds. The highest BCUT2D eigenvalue weighted by molar-refractivity contribution is 5.78. The van der Waals surface area contributed by atoms with Gasteiger partial charge in [-0.2, -0.15) is 0 Å². The Hall–Kier alpha value is -3.48. The third kappa shape index (κ3) is 3.29. The predicted octanol–water partition coefficient (Wildman–Crippen LogP) is 3.62. The molecule has 29 heavy (non-hydrogen) atoms. The Morgan fingerprint density at radius 3 is 2.69 bits per heavy atom. The van der Waals surface area contributed by atoms with Gasteiger partial charge < -0.3 is 19.6 Å². The van der Waals surface area contributed by atoms with Crippen molar-refractivity contribution in [2.45, 2.75) is 25.4 Å². The average molecular weight is 390 g/mol. The zero-order valence-corrected chi connectivity index (χ0v) is 15.9. The van der Waals surface area contributed by atoms with E-state index < -0.39 is 0 Å². The molecular weight excluding hydrogens is 368 g/mol. The number of imidazole rings is 1. The molecular formula is C22H22N4O3. The number of amides is 2. The van der Waals surface area contributed by atoms with Crippen molar-refractivity contribution in [1.29, 1.82) is 0 Å². The van der Waals surface area contributed by atoms with E-state index >= 15 is 0 Å². The molecule has 0 bridgehead atoms. The highest BCUT2D eigenvalue weighted by Gasteiger charge is 2.26. The smallest absolute Gasteiger partial charge is 0.326 e. The number of nitrogens with one attached hydrogen (secondary N) is 2. The molecule has 0 saturated carbocycles. The van der Waals surface area contributed by atoms with Crippen LogP contribution in [0.1, 0.15) is 24.6 Å². The number of fused-ring (bicyclic) bond motifs is 2. The Balaban J connectivity index is 1.21. The first-order valence-corrected chi connectivity index (χ1v) is 9.88. The topological polar surface area (TPSA) is 83.3 Å². The van der Waals surface area contributed by atoms with Crippen LogP contribution < -0.4 is 11.0 Å². The number of carbonyl (C=O) groups excluding carboxylic acids is 1. The van der Waals surface area contributed by atoms with Crippen LogP contribution in [-0.4, -0.2) is 33.6 Å². The van der Waals surface area contributed by atoms with Gasteiger partial charge in [0.15, 0.2) is 0 Å². The van der Waals surface area contributed by atoms with Crippen LogP contribution in [-0.2, 0) is 6.54 Å². The minimum atomic E-state index is -0.102. The van der Waals surface area contributed by atoms with Gasteiger partial charge in [0.05, 0.1) is 17.6 Å². The molecule has 0 aliphatic carbocycles. The summed E-state index contributed by atoms with van der Waals surface area (Å²) in [6.45, 7) is 1.58. The molecule has 0 radical (unpaired) electrons. The molecule has 4 aromatic rings. The first-order valence-electron chi connectivity index (χ1n) is 9.88. The number of hydrogen-bond acceptors (Lipinski definition) is 3. The van der Waals surface area contributed by atoms with Crippen molar-refractivity contribution in [3.63, 3.8) is 0 Å². The second-order valence-corrected chi connectivity index (χ2v) is 7.44. The lowest BCUT2D eigenvalue weighted by Gasteiger charge is -2.32. The lowest BCUT2D eigenvalue weighted by Crippen LogP contribution is -2.45. The van der Waals surface area contributed by atoms with E-state index in [0.29, 0.717) is 19.6 Å². The maximum absolute atomic E-state index is 12.6. The molecule has 0 atom stereocenters. The minimum absolute atomic E-state index is 0.0843. The van der Waals surface area contributed by atoms with Crippen LogP contribution >= 0.6 is 0 Å². The van der Waals surface area contributed by atoms with Crippen molar-refractivity contribution >= 4 is 28.0 Å². The summed E-state index contributed by atoms with van der Waals surface area (Å²) in [4.78, 5) is 29.7. The van der Waals surface area contributed by atoms with E-state index in [1.807, 2.05) is 59.2 Å². The average Bonchev–Trinajstić information content (AvgIpc) is 3.31. The molecule has 2 aromatic carbocycles. The van der Waals surface area contributed by atoms with E-state index in [1.54, 1.807) is 4.90 Å². The fourth-order valence-corrected chi connectivity index (χ4v) is 4.16. The van der Waals surface area contributed by atoms with E-state index in [-0.39, 0.29) is 17.8 Å². The second-order valence-electron chi connectivity index (χ2n) is 7.44. The van der Waals surface area contributed by atoms with E-state index in [1.165, 1.54) is 0 Å². The fraction of sp³-hybridized carbons (Fsp3) is 0.273. The number of furan rings is 1. The number of para-hydroxylation sites is 3. The second kappa shape index (κ2) is 7.16. The van der Waals surface area contributed by atoms with Crippen molar-refractivity contribution in [3.8, 4) is 0 Å². The lowest BCUT2D eigenvalue weighted by molar-refractivity contribution is 0.171. The monoisotopic (exact) mass is 390 g/mol. The highest BCUT2D eigenvalue weighted by atomic mass is 16.3. The first kappa shape index (κ1) is 17.6. The Kier molecular flexibility index (Phi) is 4.35. The van der Waals surface area contributed by atoms with Gasteiger partial charge in [0, 0.05) is 24.5 Å². The number of rotatable bonds is 3. The molecule has 5 rings (SSSR count). The number of carbonyl (C=O) groups is 1. The fourth-order valence-electron chi connectivity index (χ4n) is 4.16. The Morgan fingerprint density at radius 2 is 1.86 bits per heavy atom. The molecule has 2 N–H and O–H groups in total. The molecule has 1 fully saturated rings. The van der Waals surface area contributed by atoms with Crippen molar-refractivity contribution in [2.75, 3.05) is 13.1 Å². The summed E-state index contributed by atoms with van der Waals surface area (Å²) in [6.07, 6.45) is 1.50. The third-order valence-corrected chi connectivity index (χ3v) is 5.63. The molecule has 7 nitrogen and oxygen atoms in total. The van der Waals surface area contributed by atoms with Crippen LogP contribution in [0.2, 0.25) is 0 Å². The maximum atomic E-state index is 12.6. The summed E-state index contributed by atoms with van der Waals surface area (Å²) in [6, 6.07) is 17.5. The molecule has 7 heteroatoms. The standard InChI is InChI=1S/C22H22N4O3/c27-21(23-14-17-13-15-5-1-4-8-20(15)29-17)25-11-9-16(10-12-25)26-19-7-3-2-6-18(19)24-22(26)28/h1-8,13,16H,9-12,14H2,(H,23,27)(H,24,28). The molecule has 148 valence electrons. The van der Waals surface area contributed by atoms with Gasteiger partial charge in [-0.1, -0.05) is 30.3 Å². The van der Waals surface area contributed by atoms with Crippen LogP contribution in [0, 0.1) is 0 Å². The van der Waals surface area contributed by atoms with E-state index in [9.17, 15) is 9.59 Å². The van der Waals surface area contributed by atoms with Crippen LogP contribution in [0.15, 0.2) is 63.8 Å². The summed E-state index contributed by atoms with van der Waals surface area (Å²) in [5, 5.41) is 3.97. The summed E-state index contributed by atoms with van der Waals surface area (Å²) < 4.78 is 7.58. The molecule has 2 aromatic heterocycles. The van der Waals surface area contributed by atoms with Gasteiger partial charge in [0.2, 0.25) is 0 Å². The number of hydrogen-bond donors (Lipinski definition) is 2. The quantitative estimate of drug-likeness (QED) is 0.560. The minimum Gasteiger partial charge on any atom is -0.459 e. The number of H-pyrrole nitrogens is 1. The van der Waals surface area contributed by atoms with Gasteiger partial charge in [-0.15, -0.1) is 0 Å². The number of benzene rings is 2. The van der Waals surface area contributed by atoms with Gasteiger partial charge in [-0.25, -0.2) is 9.59 Å². The van der Waals surface area contributed by atoms with Crippen molar-refractivity contribution in [1.82, 2.24) is 19.8 Å². The van der Waals surface area contributed by atoms with Gasteiger partial charge in [-0.3, -0.25) is 4.57 Å². The van der Waals surface area contributed by atoms with E-state index in [2.05, 4.69) is 10.3 Å². The number of nitrogens with zero attached hydrogens (tertiary/aromatic N) is 2.